The third kappa shape index (κ3) is 4.65. The lowest BCUT2D eigenvalue weighted by molar-refractivity contribution is -0.228. The summed E-state index contributed by atoms with van der Waals surface area (Å²) < 4.78 is 42.8. The van der Waals surface area contributed by atoms with Gasteiger partial charge in [0, 0.05) is 61.3 Å². The molecule has 3 N–H and O–H groups in total. The highest BCUT2D eigenvalue weighted by molar-refractivity contribution is 7.91. The van der Waals surface area contributed by atoms with Crippen LogP contribution in [0.5, 0.6) is 17.2 Å². The number of carbonyl (C=O) groups is 3. The van der Waals surface area contributed by atoms with E-state index in [-0.39, 0.29) is 40.8 Å². The number of phenols is 2. The average molecular weight is 616 g/mol. The fourth-order valence-electron chi connectivity index (χ4n) is 6.97. The maximum atomic E-state index is 13.8. The van der Waals surface area contributed by atoms with Crippen LogP contribution in [0.2, 0.25) is 0 Å². The van der Waals surface area contributed by atoms with Gasteiger partial charge in [0.1, 0.15) is 28.1 Å². The van der Waals surface area contributed by atoms with Crippen molar-refractivity contribution in [3.05, 3.63) is 51.6 Å². The van der Waals surface area contributed by atoms with Crippen LogP contribution in [-0.2, 0) is 30.5 Å². The summed E-state index contributed by atoms with van der Waals surface area (Å²) in [7, 11) is -2.15. The Morgan fingerprint density at radius 3 is 2.37 bits per heavy atom. The van der Waals surface area contributed by atoms with Crippen LogP contribution >= 0.6 is 0 Å². The minimum Gasteiger partial charge on any atom is -0.507 e. The molecule has 0 amide bonds. The Labute approximate surface area is 248 Å². The van der Waals surface area contributed by atoms with Crippen LogP contribution in [0.1, 0.15) is 75.8 Å². The SMILES string of the molecule is COc1cccc2c1C(=O)c1c(O)c3c(c(O)c1C2=O)C[C@@](O)(C(C)=O)C[C@@H]3O[C@H]1C[C@H](N2CC2)[C@H](S(C)(=O)=O)[C@H](C)O1. The molecule has 2 fully saturated rings. The third-order valence-electron chi connectivity index (χ3n) is 9.13. The summed E-state index contributed by atoms with van der Waals surface area (Å²) >= 11 is 0. The molecule has 6 atom stereocenters. The highest BCUT2D eigenvalue weighted by Crippen LogP contribution is 2.52. The number of sulfone groups is 1. The van der Waals surface area contributed by atoms with Gasteiger partial charge in [-0.25, -0.2) is 8.42 Å². The number of rotatable bonds is 6. The molecule has 0 unspecified atom stereocenters. The molecule has 2 aromatic rings. The minimum absolute atomic E-state index is 0.0249. The number of ether oxygens (including phenoxy) is 3. The molecule has 0 bridgehead atoms. The van der Waals surface area contributed by atoms with E-state index in [1.807, 2.05) is 4.90 Å². The Balaban J connectivity index is 1.46. The summed E-state index contributed by atoms with van der Waals surface area (Å²) in [5.41, 5.74) is -3.14. The lowest BCUT2D eigenvalue weighted by Crippen LogP contribution is -2.54. The number of ketones is 3. The van der Waals surface area contributed by atoms with Crippen molar-refractivity contribution in [1.82, 2.24) is 4.90 Å². The summed E-state index contributed by atoms with van der Waals surface area (Å²) in [4.78, 5) is 42.1. The number of nitrogens with zero attached hydrogens (tertiary/aromatic N) is 1. The van der Waals surface area contributed by atoms with E-state index in [4.69, 9.17) is 14.2 Å². The second-order valence-corrected chi connectivity index (χ2v) is 14.1. The van der Waals surface area contributed by atoms with E-state index in [0.717, 1.165) is 6.26 Å². The van der Waals surface area contributed by atoms with Crippen molar-refractivity contribution in [3.8, 4) is 17.2 Å². The van der Waals surface area contributed by atoms with Crippen LogP contribution < -0.4 is 4.74 Å². The van der Waals surface area contributed by atoms with Gasteiger partial charge < -0.3 is 29.5 Å². The first-order valence-corrected chi connectivity index (χ1v) is 16.0. The second-order valence-electron chi connectivity index (χ2n) is 11.9. The standard InChI is InChI=1S/C30H33NO11S/c1-13-29(43(4,38)39)17(31-8-9-31)10-20(41-13)42-19-12-30(37,14(2)32)11-16-22(19)28(36)24-23(26(16)34)25(33)15-6-5-7-18(40-3)21(15)27(24)35/h5-7,13,17,19-20,29,34,36-37H,8-12H2,1-4H3/t13-,17-,19-,20-,29+,30-/m0/s1. The maximum absolute atomic E-state index is 13.8. The molecule has 0 saturated carbocycles. The Morgan fingerprint density at radius 2 is 1.77 bits per heavy atom. The molecule has 6 rings (SSSR count). The Hall–Kier alpha value is -3.36. The van der Waals surface area contributed by atoms with Crippen molar-refractivity contribution in [1.29, 1.82) is 0 Å². The Kier molecular flexibility index (Phi) is 6.97. The molecule has 4 aliphatic rings. The van der Waals surface area contributed by atoms with Crippen LogP contribution in [0.25, 0.3) is 0 Å². The predicted octanol–water partition coefficient (Wildman–Crippen LogP) is 1.44. The van der Waals surface area contributed by atoms with E-state index in [1.54, 1.807) is 6.92 Å². The molecule has 2 aromatic carbocycles. The van der Waals surface area contributed by atoms with Crippen LogP contribution in [0, 0.1) is 0 Å². The van der Waals surface area contributed by atoms with E-state index in [1.165, 1.54) is 32.2 Å². The van der Waals surface area contributed by atoms with Crippen molar-refractivity contribution < 1.29 is 52.3 Å². The van der Waals surface area contributed by atoms with Gasteiger partial charge >= 0.3 is 0 Å². The van der Waals surface area contributed by atoms with Crippen molar-refractivity contribution in [2.75, 3.05) is 26.5 Å². The largest absolute Gasteiger partial charge is 0.507 e. The van der Waals surface area contributed by atoms with Crippen LogP contribution in [0.15, 0.2) is 18.2 Å². The molecule has 0 spiro atoms. The lowest BCUT2D eigenvalue weighted by Gasteiger charge is -2.43. The number of fused-ring (bicyclic) bond motifs is 3. The smallest absolute Gasteiger partial charge is 0.202 e. The summed E-state index contributed by atoms with van der Waals surface area (Å²) in [6, 6.07) is 4.02. The summed E-state index contributed by atoms with van der Waals surface area (Å²) in [6.45, 7) is 4.25. The molecule has 2 heterocycles. The topological polar surface area (TPSA) is 177 Å². The molecule has 13 heteroatoms. The van der Waals surface area contributed by atoms with Gasteiger partial charge in [-0.1, -0.05) is 12.1 Å². The van der Waals surface area contributed by atoms with Crippen LogP contribution in [-0.4, -0.2) is 102 Å². The minimum atomic E-state index is -3.49. The second kappa shape index (κ2) is 10.1. The summed E-state index contributed by atoms with van der Waals surface area (Å²) in [5.74, 6) is -3.25. The van der Waals surface area contributed by atoms with Gasteiger partial charge in [-0.2, -0.15) is 0 Å². The molecular weight excluding hydrogens is 582 g/mol. The van der Waals surface area contributed by atoms with Crippen LogP contribution in [0.3, 0.4) is 0 Å². The number of Topliss-reactive ketones (excluding diaryl/α,β-unsaturated/α-hetero) is 1. The number of methoxy groups -OCH3 is 1. The number of aromatic hydroxyl groups is 2. The molecule has 43 heavy (non-hydrogen) atoms. The van der Waals surface area contributed by atoms with E-state index in [2.05, 4.69) is 0 Å². The first-order chi connectivity index (χ1) is 20.2. The van der Waals surface area contributed by atoms with Crippen molar-refractivity contribution in [3.63, 3.8) is 0 Å². The molecule has 0 aromatic heterocycles. The molecular formula is C30H33NO11S. The Morgan fingerprint density at radius 1 is 1.09 bits per heavy atom. The molecule has 12 nitrogen and oxygen atoms in total. The number of hydrogen-bond donors (Lipinski definition) is 3. The van der Waals surface area contributed by atoms with Gasteiger partial charge in [0.2, 0.25) is 5.78 Å². The van der Waals surface area contributed by atoms with Crippen molar-refractivity contribution in [2.45, 2.75) is 68.5 Å². The zero-order chi connectivity index (χ0) is 31.2. The molecule has 2 aliphatic heterocycles. The molecule has 230 valence electrons. The van der Waals surface area contributed by atoms with Crippen molar-refractivity contribution >= 4 is 27.2 Å². The maximum Gasteiger partial charge on any atom is 0.202 e. The highest BCUT2D eigenvalue weighted by Gasteiger charge is 2.51. The highest BCUT2D eigenvalue weighted by atomic mass is 32.2. The number of benzene rings is 2. The lowest BCUT2D eigenvalue weighted by atomic mass is 9.72. The third-order valence-corrected chi connectivity index (χ3v) is 10.8. The average Bonchev–Trinajstić information content (AvgIpc) is 3.77. The quantitative estimate of drug-likeness (QED) is 0.269. The number of carbonyl (C=O) groups excluding carboxylic acids is 3. The number of hydrogen-bond acceptors (Lipinski definition) is 12. The first kappa shape index (κ1) is 29.7. The fraction of sp³-hybridized carbons (Fsp3) is 0.500. The van der Waals surface area contributed by atoms with Gasteiger partial charge in [0.05, 0.1) is 36.0 Å². The van der Waals surface area contributed by atoms with E-state index >= 15 is 0 Å². The zero-order valence-corrected chi connectivity index (χ0v) is 24.9. The summed E-state index contributed by atoms with van der Waals surface area (Å²) in [6.07, 6.45) is -2.52. The Bertz CT molecular complexity index is 1680. The fourth-order valence-corrected chi connectivity index (χ4v) is 8.58. The van der Waals surface area contributed by atoms with E-state index in [0.29, 0.717) is 13.1 Å². The zero-order valence-electron chi connectivity index (χ0n) is 24.1. The number of aliphatic hydroxyl groups is 1. The summed E-state index contributed by atoms with van der Waals surface area (Å²) in [5, 5.41) is 33.7. The molecule has 0 radical (unpaired) electrons. The van der Waals surface area contributed by atoms with Gasteiger partial charge in [-0.3, -0.25) is 19.3 Å². The van der Waals surface area contributed by atoms with Gasteiger partial charge in [-0.05, 0) is 19.9 Å². The van der Waals surface area contributed by atoms with Gasteiger partial charge in [0.25, 0.3) is 0 Å². The van der Waals surface area contributed by atoms with E-state index in [9.17, 15) is 38.1 Å². The molecule has 2 aliphatic carbocycles. The molecule has 2 saturated heterocycles. The van der Waals surface area contributed by atoms with Crippen molar-refractivity contribution in [2.24, 2.45) is 0 Å². The number of phenolic OH excluding ortho intramolecular Hbond substituents is 2. The predicted molar refractivity (Wildman–Crippen MR) is 150 cm³/mol. The van der Waals surface area contributed by atoms with E-state index < -0.39 is 91.6 Å². The monoisotopic (exact) mass is 615 g/mol. The normalized spacial score (nSPS) is 30.3. The van der Waals surface area contributed by atoms with Gasteiger partial charge in [0.15, 0.2) is 27.7 Å². The first-order valence-electron chi connectivity index (χ1n) is 14.0. The van der Waals surface area contributed by atoms with Gasteiger partial charge in [-0.15, -0.1) is 0 Å². The van der Waals surface area contributed by atoms with Crippen LogP contribution in [0.4, 0.5) is 0 Å².